The fraction of sp³-hybridized carbons (Fsp3) is 0.0625. The van der Waals surface area contributed by atoms with E-state index < -0.39 is 0 Å². The van der Waals surface area contributed by atoms with Gasteiger partial charge >= 0.3 is 0 Å². The second kappa shape index (κ2) is 6.16. The van der Waals surface area contributed by atoms with Gasteiger partial charge in [-0.3, -0.25) is 5.43 Å². The van der Waals surface area contributed by atoms with Crippen molar-refractivity contribution in [1.82, 2.24) is 9.66 Å². The van der Waals surface area contributed by atoms with Crippen molar-refractivity contribution in [3.63, 3.8) is 0 Å². The summed E-state index contributed by atoms with van der Waals surface area (Å²) in [5, 5.41) is 1.18. The van der Waals surface area contributed by atoms with Crippen molar-refractivity contribution in [2.45, 2.75) is 6.92 Å². The summed E-state index contributed by atoms with van der Waals surface area (Å²) in [7, 11) is 0. The van der Waals surface area contributed by atoms with E-state index in [1.54, 1.807) is 22.9 Å². The zero-order chi connectivity index (χ0) is 15.7. The molecule has 22 heavy (non-hydrogen) atoms. The standard InChI is InChI=1S/C16H13Cl2N3S/c1-10-15(11-5-3-2-4-6-11)21(16(22)19-10)20-14-9-12(17)7-8-13(14)18/h2-9,20H,1H3,(H,19,22). The van der Waals surface area contributed by atoms with E-state index >= 15 is 0 Å². The lowest BCUT2D eigenvalue weighted by Crippen LogP contribution is -2.11. The van der Waals surface area contributed by atoms with Gasteiger partial charge in [0.1, 0.15) is 0 Å². The number of nitrogens with zero attached hydrogens (tertiary/aromatic N) is 1. The zero-order valence-electron chi connectivity index (χ0n) is 11.7. The molecule has 0 bridgehead atoms. The summed E-state index contributed by atoms with van der Waals surface area (Å²) < 4.78 is 2.37. The number of aromatic amines is 1. The number of nitrogens with one attached hydrogen (secondary N) is 2. The van der Waals surface area contributed by atoms with Gasteiger partial charge in [-0.15, -0.1) is 0 Å². The number of rotatable bonds is 3. The third-order valence-electron chi connectivity index (χ3n) is 3.28. The Morgan fingerprint density at radius 1 is 1.09 bits per heavy atom. The largest absolute Gasteiger partial charge is 0.333 e. The van der Waals surface area contributed by atoms with Crippen molar-refractivity contribution >= 4 is 41.1 Å². The van der Waals surface area contributed by atoms with Crippen molar-refractivity contribution in [3.8, 4) is 11.3 Å². The van der Waals surface area contributed by atoms with Crippen LogP contribution in [0.15, 0.2) is 48.5 Å². The minimum Gasteiger partial charge on any atom is -0.333 e. The molecule has 2 N–H and O–H groups in total. The minimum atomic E-state index is 0.562. The Bertz CT molecular complexity index is 869. The van der Waals surface area contributed by atoms with E-state index in [1.807, 2.05) is 37.3 Å². The quantitative estimate of drug-likeness (QED) is 0.594. The molecule has 2 aromatic carbocycles. The number of aromatic nitrogens is 2. The lowest BCUT2D eigenvalue weighted by molar-refractivity contribution is 0.942. The number of hydrogen-bond acceptors (Lipinski definition) is 2. The summed E-state index contributed by atoms with van der Waals surface area (Å²) >= 11 is 17.7. The molecule has 0 aliphatic carbocycles. The number of anilines is 1. The average Bonchev–Trinajstić information content (AvgIpc) is 2.78. The second-order valence-corrected chi connectivity index (χ2v) is 6.07. The molecule has 0 saturated carbocycles. The van der Waals surface area contributed by atoms with Crippen LogP contribution < -0.4 is 5.43 Å². The normalized spacial score (nSPS) is 10.7. The summed E-state index contributed by atoms with van der Waals surface area (Å²) in [5.74, 6) is 0. The molecular formula is C16H13Cl2N3S. The Morgan fingerprint density at radius 3 is 2.55 bits per heavy atom. The summed E-state index contributed by atoms with van der Waals surface area (Å²) in [6.07, 6.45) is 0. The van der Waals surface area contributed by atoms with E-state index in [4.69, 9.17) is 35.4 Å². The predicted molar refractivity (Wildman–Crippen MR) is 95.3 cm³/mol. The molecule has 112 valence electrons. The highest BCUT2D eigenvalue weighted by molar-refractivity contribution is 7.71. The van der Waals surface area contributed by atoms with Crippen LogP contribution in [0.4, 0.5) is 5.69 Å². The van der Waals surface area contributed by atoms with Crippen LogP contribution in [0.2, 0.25) is 10.0 Å². The summed E-state index contributed by atoms with van der Waals surface area (Å²) in [5.41, 5.74) is 6.92. The third kappa shape index (κ3) is 2.90. The summed E-state index contributed by atoms with van der Waals surface area (Å²) in [6, 6.07) is 15.3. The van der Waals surface area contributed by atoms with E-state index in [9.17, 15) is 0 Å². The highest BCUT2D eigenvalue weighted by Gasteiger charge is 2.12. The first-order valence-electron chi connectivity index (χ1n) is 6.65. The van der Waals surface area contributed by atoms with Gasteiger partial charge < -0.3 is 4.98 Å². The molecule has 1 heterocycles. The molecule has 0 unspecified atom stereocenters. The Morgan fingerprint density at radius 2 is 1.82 bits per heavy atom. The minimum absolute atomic E-state index is 0.562. The number of aryl methyl sites for hydroxylation is 1. The molecule has 0 amide bonds. The molecule has 0 radical (unpaired) electrons. The Balaban J connectivity index is 2.12. The van der Waals surface area contributed by atoms with Crippen LogP contribution in [0.25, 0.3) is 11.3 Å². The molecule has 0 saturated heterocycles. The fourth-order valence-electron chi connectivity index (χ4n) is 2.30. The van der Waals surface area contributed by atoms with Gasteiger partial charge in [-0.1, -0.05) is 53.5 Å². The molecular weight excluding hydrogens is 337 g/mol. The SMILES string of the molecule is Cc1[nH]c(=S)n(Nc2cc(Cl)ccc2Cl)c1-c1ccccc1. The van der Waals surface area contributed by atoms with Gasteiger partial charge in [0, 0.05) is 16.3 Å². The van der Waals surface area contributed by atoms with Gasteiger partial charge in [0.2, 0.25) is 0 Å². The third-order valence-corrected chi connectivity index (χ3v) is 4.13. The maximum absolute atomic E-state index is 6.22. The highest BCUT2D eigenvalue weighted by Crippen LogP contribution is 2.28. The maximum Gasteiger partial charge on any atom is 0.197 e. The molecule has 6 heteroatoms. The van der Waals surface area contributed by atoms with Crippen molar-refractivity contribution in [3.05, 3.63) is 69.0 Å². The van der Waals surface area contributed by atoms with E-state index in [2.05, 4.69) is 10.4 Å². The molecule has 0 fully saturated rings. The van der Waals surface area contributed by atoms with Crippen LogP contribution in [0.5, 0.6) is 0 Å². The van der Waals surface area contributed by atoms with E-state index in [-0.39, 0.29) is 0 Å². The van der Waals surface area contributed by atoms with Crippen molar-refractivity contribution in [2.24, 2.45) is 0 Å². The first-order valence-corrected chi connectivity index (χ1v) is 7.82. The van der Waals surface area contributed by atoms with Crippen LogP contribution >= 0.6 is 35.4 Å². The van der Waals surface area contributed by atoms with Crippen molar-refractivity contribution in [2.75, 3.05) is 5.43 Å². The van der Waals surface area contributed by atoms with Gasteiger partial charge in [0.05, 0.1) is 16.4 Å². The van der Waals surface area contributed by atoms with Crippen molar-refractivity contribution < 1.29 is 0 Å². The predicted octanol–water partition coefficient (Wildman–Crippen LogP) is 5.70. The number of benzene rings is 2. The number of hydrogen-bond donors (Lipinski definition) is 2. The molecule has 0 atom stereocenters. The second-order valence-electron chi connectivity index (χ2n) is 4.84. The smallest absolute Gasteiger partial charge is 0.197 e. The topological polar surface area (TPSA) is 32.8 Å². The Labute approximate surface area is 143 Å². The number of imidazole rings is 1. The molecule has 3 aromatic rings. The molecule has 0 aliphatic rings. The van der Waals surface area contributed by atoms with Gasteiger partial charge in [-0.2, -0.15) is 0 Å². The molecule has 3 rings (SSSR count). The first kappa shape index (κ1) is 15.2. The lowest BCUT2D eigenvalue weighted by atomic mass is 10.1. The fourth-order valence-corrected chi connectivity index (χ4v) is 2.92. The lowest BCUT2D eigenvalue weighted by Gasteiger charge is -2.13. The van der Waals surface area contributed by atoms with Gasteiger partial charge in [-0.25, -0.2) is 4.68 Å². The Kier molecular flexibility index (Phi) is 4.25. The van der Waals surface area contributed by atoms with Crippen LogP contribution in [0.3, 0.4) is 0 Å². The number of H-pyrrole nitrogens is 1. The van der Waals surface area contributed by atoms with Crippen LogP contribution in [0.1, 0.15) is 5.69 Å². The maximum atomic E-state index is 6.22. The molecule has 0 spiro atoms. The molecule has 3 nitrogen and oxygen atoms in total. The summed E-state index contributed by atoms with van der Waals surface area (Å²) in [4.78, 5) is 3.17. The van der Waals surface area contributed by atoms with Gasteiger partial charge in [0.15, 0.2) is 4.77 Å². The van der Waals surface area contributed by atoms with E-state index in [0.29, 0.717) is 20.5 Å². The highest BCUT2D eigenvalue weighted by atomic mass is 35.5. The first-order chi connectivity index (χ1) is 10.6. The Hall–Kier alpha value is -1.75. The van der Waals surface area contributed by atoms with Gasteiger partial charge in [-0.05, 0) is 37.3 Å². The summed E-state index contributed by atoms with van der Waals surface area (Å²) in [6.45, 7) is 1.98. The average molecular weight is 350 g/mol. The van der Waals surface area contributed by atoms with E-state index in [0.717, 1.165) is 17.0 Å². The van der Waals surface area contributed by atoms with Crippen LogP contribution in [0, 0.1) is 11.7 Å². The van der Waals surface area contributed by atoms with Gasteiger partial charge in [0.25, 0.3) is 0 Å². The molecule has 0 aliphatic heterocycles. The monoisotopic (exact) mass is 349 g/mol. The van der Waals surface area contributed by atoms with Crippen LogP contribution in [-0.2, 0) is 0 Å². The molecule has 1 aromatic heterocycles. The van der Waals surface area contributed by atoms with Crippen LogP contribution in [-0.4, -0.2) is 9.66 Å². The zero-order valence-corrected chi connectivity index (χ0v) is 14.1. The van der Waals surface area contributed by atoms with E-state index in [1.165, 1.54) is 0 Å². The van der Waals surface area contributed by atoms with Crippen molar-refractivity contribution in [1.29, 1.82) is 0 Å². The number of halogens is 2.